The summed E-state index contributed by atoms with van der Waals surface area (Å²) in [5.74, 6) is -0.768. The van der Waals surface area contributed by atoms with E-state index < -0.39 is 20.5 Å². The van der Waals surface area contributed by atoms with Gasteiger partial charge in [-0.25, -0.2) is 12.8 Å². The lowest BCUT2D eigenvalue weighted by Crippen LogP contribution is -2.51. The molecule has 28 heavy (non-hydrogen) atoms. The first kappa shape index (κ1) is 20.5. The molecular formula is C22H26FNO3S. The Kier molecular flexibility index (Phi) is 5.89. The van der Waals surface area contributed by atoms with Crippen LogP contribution < -0.4 is 5.32 Å². The second-order valence-corrected chi connectivity index (χ2v) is 9.84. The molecular weight excluding hydrogens is 377 g/mol. The van der Waals surface area contributed by atoms with Crippen molar-refractivity contribution in [3.63, 3.8) is 0 Å². The molecule has 2 aromatic carbocycles. The number of nitrogens with one attached hydrogen (secondary N) is 1. The van der Waals surface area contributed by atoms with Gasteiger partial charge in [0.25, 0.3) is 0 Å². The summed E-state index contributed by atoms with van der Waals surface area (Å²) in [6.07, 6.45) is 2.52. The SMILES string of the molecule is Cc1ccc(C)c(S(=O)(=O)C2(C(=O)NCCc3cccc(F)c3)CCCC2)c1. The zero-order chi connectivity index (χ0) is 20.4. The molecule has 150 valence electrons. The van der Waals surface area contributed by atoms with Gasteiger partial charge in [0.05, 0.1) is 4.90 Å². The number of halogens is 1. The van der Waals surface area contributed by atoms with Gasteiger partial charge in [0.2, 0.25) is 5.91 Å². The summed E-state index contributed by atoms with van der Waals surface area (Å²) < 4.78 is 39.0. The van der Waals surface area contributed by atoms with E-state index in [1.807, 2.05) is 13.0 Å². The Hall–Kier alpha value is -2.21. The molecule has 0 heterocycles. The van der Waals surface area contributed by atoms with Crippen LogP contribution in [0.4, 0.5) is 4.39 Å². The van der Waals surface area contributed by atoms with E-state index in [1.165, 1.54) is 12.1 Å². The first-order chi connectivity index (χ1) is 13.3. The summed E-state index contributed by atoms with van der Waals surface area (Å²) in [4.78, 5) is 13.3. The van der Waals surface area contributed by atoms with E-state index in [2.05, 4.69) is 5.32 Å². The molecule has 0 aliphatic heterocycles. The van der Waals surface area contributed by atoms with E-state index in [-0.39, 0.29) is 17.3 Å². The Morgan fingerprint density at radius 2 is 1.82 bits per heavy atom. The molecule has 1 aliphatic carbocycles. The van der Waals surface area contributed by atoms with Crippen molar-refractivity contribution >= 4 is 15.7 Å². The smallest absolute Gasteiger partial charge is 0.241 e. The first-order valence-corrected chi connectivity index (χ1v) is 11.1. The largest absolute Gasteiger partial charge is 0.354 e. The fourth-order valence-electron chi connectivity index (χ4n) is 3.95. The quantitative estimate of drug-likeness (QED) is 0.796. The standard InChI is InChI=1S/C22H26FNO3S/c1-16-8-9-17(2)20(14-16)28(26,27)22(11-3-4-12-22)21(25)24-13-10-18-6-5-7-19(23)15-18/h5-9,14-15H,3-4,10-13H2,1-2H3,(H,24,25). The third-order valence-electron chi connectivity index (χ3n) is 5.56. The Labute approximate surface area is 166 Å². The van der Waals surface area contributed by atoms with Gasteiger partial charge in [-0.3, -0.25) is 4.79 Å². The highest BCUT2D eigenvalue weighted by atomic mass is 32.2. The highest BCUT2D eigenvalue weighted by Gasteiger charge is 2.53. The van der Waals surface area contributed by atoms with E-state index in [0.717, 1.165) is 11.1 Å². The fraction of sp³-hybridized carbons (Fsp3) is 0.409. The van der Waals surface area contributed by atoms with E-state index in [1.54, 1.807) is 31.2 Å². The molecule has 0 bridgehead atoms. The molecule has 1 N–H and O–H groups in total. The van der Waals surface area contributed by atoms with E-state index in [4.69, 9.17) is 0 Å². The molecule has 4 nitrogen and oxygen atoms in total. The van der Waals surface area contributed by atoms with Gasteiger partial charge in [-0.1, -0.05) is 37.1 Å². The minimum absolute atomic E-state index is 0.245. The number of carbonyl (C=O) groups is 1. The topological polar surface area (TPSA) is 63.2 Å². The van der Waals surface area contributed by atoms with Crippen molar-refractivity contribution in [2.24, 2.45) is 0 Å². The van der Waals surface area contributed by atoms with Gasteiger partial charge in [-0.2, -0.15) is 0 Å². The van der Waals surface area contributed by atoms with Crippen molar-refractivity contribution in [2.45, 2.75) is 55.6 Å². The summed E-state index contributed by atoms with van der Waals surface area (Å²) in [6, 6.07) is 11.5. The zero-order valence-electron chi connectivity index (χ0n) is 16.3. The lowest BCUT2D eigenvalue weighted by molar-refractivity contribution is -0.123. The number of rotatable bonds is 6. The molecule has 1 aliphatic rings. The van der Waals surface area contributed by atoms with Crippen LogP contribution >= 0.6 is 0 Å². The molecule has 0 atom stereocenters. The Bertz CT molecular complexity index is 979. The van der Waals surface area contributed by atoms with E-state index in [0.29, 0.717) is 37.7 Å². The van der Waals surface area contributed by atoms with Gasteiger partial charge in [0.1, 0.15) is 5.82 Å². The number of hydrogen-bond acceptors (Lipinski definition) is 3. The van der Waals surface area contributed by atoms with Crippen LogP contribution in [0.1, 0.15) is 42.4 Å². The maximum absolute atomic E-state index is 13.5. The maximum Gasteiger partial charge on any atom is 0.241 e. The second kappa shape index (κ2) is 8.03. The molecule has 0 saturated heterocycles. The average molecular weight is 404 g/mol. The van der Waals surface area contributed by atoms with Crippen LogP contribution in [-0.4, -0.2) is 25.6 Å². The normalized spacial score (nSPS) is 16.1. The summed E-state index contributed by atoms with van der Waals surface area (Å²) >= 11 is 0. The number of carbonyl (C=O) groups excluding carboxylic acids is 1. The minimum Gasteiger partial charge on any atom is -0.354 e. The van der Waals surface area contributed by atoms with Crippen LogP contribution in [0.5, 0.6) is 0 Å². The van der Waals surface area contributed by atoms with Crippen molar-refractivity contribution in [1.82, 2.24) is 5.32 Å². The van der Waals surface area contributed by atoms with Gasteiger partial charge in [-0.15, -0.1) is 0 Å². The third-order valence-corrected chi connectivity index (χ3v) is 8.20. The highest BCUT2D eigenvalue weighted by Crippen LogP contribution is 2.41. The molecule has 3 rings (SSSR count). The molecule has 0 unspecified atom stereocenters. The summed E-state index contributed by atoms with van der Waals surface area (Å²) in [6.45, 7) is 3.88. The number of sulfone groups is 1. The molecule has 2 aromatic rings. The average Bonchev–Trinajstić information content (AvgIpc) is 3.15. The van der Waals surface area contributed by atoms with Crippen LogP contribution in [0.3, 0.4) is 0 Å². The fourth-order valence-corrected chi connectivity index (χ4v) is 6.34. The Morgan fingerprint density at radius 1 is 1.11 bits per heavy atom. The summed E-state index contributed by atoms with van der Waals surface area (Å²) in [5.41, 5.74) is 2.27. The van der Waals surface area contributed by atoms with Crippen molar-refractivity contribution in [1.29, 1.82) is 0 Å². The van der Waals surface area contributed by atoms with Crippen molar-refractivity contribution in [2.75, 3.05) is 6.54 Å². The predicted molar refractivity (Wildman–Crippen MR) is 107 cm³/mol. The van der Waals surface area contributed by atoms with E-state index in [9.17, 15) is 17.6 Å². The lowest BCUT2D eigenvalue weighted by atomic mass is 10.1. The molecule has 1 saturated carbocycles. The van der Waals surface area contributed by atoms with Crippen LogP contribution in [0, 0.1) is 19.7 Å². The van der Waals surface area contributed by atoms with Gasteiger partial charge >= 0.3 is 0 Å². The molecule has 1 amide bonds. The monoisotopic (exact) mass is 403 g/mol. The van der Waals surface area contributed by atoms with E-state index >= 15 is 0 Å². The van der Waals surface area contributed by atoms with Gasteiger partial charge < -0.3 is 5.32 Å². The predicted octanol–water partition coefficient (Wildman–Crippen LogP) is 3.89. The summed E-state index contributed by atoms with van der Waals surface area (Å²) in [7, 11) is -3.83. The van der Waals surface area contributed by atoms with Gasteiger partial charge in [0.15, 0.2) is 14.6 Å². The van der Waals surface area contributed by atoms with Crippen molar-refractivity contribution in [3.05, 3.63) is 65.0 Å². The van der Waals surface area contributed by atoms with Crippen molar-refractivity contribution in [3.8, 4) is 0 Å². The molecule has 0 aromatic heterocycles. The lowest BCUT2D eigenvalue weighted by Gasteiger charge is -2.28. The molecule has 1 fully saturated rings. The van der Waals surface area contributed by atoms with Crippen LogP contribution in [0.2, 0.25) is 0 Å². The van der Waals surface area contributed by atoms with Crippen LogP contribution in [0.25, 0.3) is 0 Å². The second-order valence-electron chi connectivity index (χ2n) is 7.61. The number of hydrogen-bond donors (Lipinski definition) is 1. The van der Waals surface area contributed by atoms with Crippen LogP contribution in [-0.2, 0) is 21.1 Å². The maximum atomic E-state index is 13.5. The minimum atomic E-state index is -3.83. The summed E-state index contributed by atoms with van der Waals surface area (Å²) in [5, 5.41) is 2.80. The molecule has 0 spiro atoms. The zero-order valence-corrected chi connectivity index (χ0v) is 17.1. The Balaban J connectivity index is 1.83. The number of aryl methyl sites for hydroxylation is 2. The van der Waals surface area contributed by atoms with Crippen molar-refractivity contribution < 1.29 is 17.6 Å². The van der Waals surface area contributed by atoms with Crippen LogP contribution in [0.15, 0.2) is 47.4 Å². The van der Waals surface area contributed by atoms with Gasteiger partial charge in [-0.05, 0) is 68.0 Å². The third kappa shape index (κ3) is 3.83. The highest BCUT2D eigenvalue weighted by molar-refractivity contribution is 7.93. The number of benzene rings is 2. The van der Waals surface area contributed by atoms with Gasteiger partial charge in [0, 0.05) is 6.54 Å². The first-order valence-electron chi connectivity index (χ1n) is 9.61. The molecule has 0 radical (unpaired) electrons. The Morgan fingerprint density at radius 3 is 2.50 bits per heavy atom. The number of amides is 1. The molecule has 6 heteroatoms.